The van der Waals surface area contributed by atoms with Crippen molar-refractivity contribution in [1.82, 2.24) is 4.90 Å². The zero-order chi connectivity index (χ0) is 15.2. The van der Waals surface area contributed by atoms with Crippen LogP contribution in [0.4, 0.5) is 0 Å². The molecule has 4 heteroatoms. The molecular formula is C18H23NO3. The molecule has 0 radical (unpaired) electrons. The summed E-state index contributed by atoms with van der Waals surface area (Å²) in [7, 11) is 1.70. The van der Waals surface area contributed by atoms with E-state index in [4.69, 9.17) is 13.9 Å². The molecule has 1 aromatic heterocycles. The predicted octanol–water partition coefficient (Wildman–Crippen LogP) is 3.47. The summed E-state index contributed by atoms with van der Waals surface area (Å²) in [4.78, 5) is 2.42. The van der Waals surface area contributed by atoms with Crippen LogP contribution in [0.5, 0.6) is 5.75 Å². The van der Waals surface area contributed by atoms with Crippen LogP contribution >= 0.6 is 0 Å². The van der Waals surface area contributed by atoms with Gasteiger partial charge in [0.15, 0.2) is 0 Å². The van der Waals surface area contributed by atoms with Gasteiger partial charge in [-0.3, -0.25) is 4.90 Å². The lowest BCUT2D eigenvalue weighted by atomic mass is 10.1. The van der Waals surface area contributed by atoms with Gasteiger partial charge >= 0.3 is 0 Å². The molecule has 1 aromatic carbocycles. The van der Waals surface area contributed by atoms with Crippen molar-refractivity contribution in [3.8, 4) is 5.75 Å². The van der Waals surface area contributed by atoms with Gasteiger partial charge in [0, 0.05) is 18.7 Å². The van der Waals surface area contributed by atoms with E-state index >= 15 is 0 Å². The van der Waals surface area contributed by atoms with Crippen molar-refractivity contribution in [3.05, 3.63) is 54.0 Å². The smallest absolute Gasteiger partial charge is 0.124 e. The van der Waals surface area contributed by atoms with E-state index in [0.717, 1.165) is 49.5 Å². The molecule has 0 N–H and O–H groups in total. The summed E-state index contributed by atoms with van der Waals surface area (Å²) < 4.78 is 16.8. The van der Waals surface area contributed by atoms with Gasteiger partial charge in [-0.1, -0.05) is 18.2 Å². The van der Waals surface area contributed by atoms with E-state index in [1.165, 1.54) is 0 Å². The molecule has 2 aromatic rings. The Morgan fingerprint density at radius 1 is 1.14 bits per heavy atom. The third-order valence-electron chi connectivity index (χ3n) is 4.16. The molecule has 118 valence electrons. The van der Waals surface area contributed by atoms with Crippen LogP contribution in [0.15, 0.2) is 47.1 Å². The summed E-state index contributed by atoms with van der Waals surface area (Å²) in [6.07, 6.45) is 4.20. The van der Waals surface area contributed by atoms with Crippen LogP contribution in [0.2, 0.25) is 0 Å². The lowest BCUT2D eigenvalue weighted by Crippen LogP contribution is -2.36. The molecule has 0 unspecified atom stereocenters. The van der Waals surface area contributed by atoms with Gasteiger partial charge in [0.25, 0.3) is 0 Å². The van der Waals surface area contributed by atoms with Gasteiger partial charge < -0.3 is 13.9 Å². The van der Waals surface area contributed by atoms with Crippen molar-refractivity contribution in [2.45, 2.75) is 32.1 Å². The second-order valence-corrected chi connectivity index (χ2v) is 5.68. The molecule has 2 heterocycles. The number of methoxy groups -OCH3 is 1. The second-order valence-electron chi connectivity index (χ2n) is 5.68. The lowest BCUT2D eigenvalue weighted by molar-refractivity contribution is -0.00560. The van der Waals surface area contributed by atoms with Gasteiger partial charge in [-0.15, -0.1) is 0 Å². The van der Waals surface area contributed by atoms with E-state index in [1.807, 2.05) is 30.3 Å². The van der Waals surface area contributed by atoms with Crippen LogP contribution in [-0.4, -0.2) is 31.2 Å². The minimum Gasteiger partial charge on any atom is -0.496 e. The fraction of sp³-hybridized carbons (Fsp3) is 0.444. The lowest BCUT2D eigenvalue weighted by Gasteiger charge is -2.31. The summed E-state index contributed by atoms with van der Waals surface area (Å²) in [5, 5.41) is 0. The molecule has 0 bridgehead atoms. The molecule has 0 atom stereocenters. The zero-order valence-corrected chi connectivity index (χ0v) is 13.0. The highest BCUT2D eigenvalue weighted by molar-refractivity contribution is 5.32. The molecule has 4 nitrogen and oxygen atoms in total. The number of para-hydroxylation sites is 1. The maximum Gasteiger partial charge on any atom is 0.124 e. The Bertz CT molecular complexity index is 559. The van der Waals surface area contributed by atoms with Crippen LogP contribution in [0, 0.1) is 0 Å². The quantitative estimate of drug-likeness (QED) is 0.818. The Hall–Kier alpha value is -1.78. The van der Waals surface area contributed by atoms with E-state index in [-0.39, 0.29) is 0 Å². The van der Waals surface area contributed by atoms with E-state index in [2.05, 4.69) is 11.0 Å². The van der Waals surface area contributed by atoms with Crippen molar-refractivity contribution >= 4 is 0 Å². The van der Waals surface area contributed by atoms with Crippen LogP contribution in [-0.2, 0) is 17.9 Å². The molecule has 1 fully saturated rings. The third-order valence-corrected chi connectivity index (χ3v) is 4.16. The van der Waals surface area contributed by atoms with E-state index in [0.29, 0.717) is 12.7 Å². The molecule has 0 spiro atoms. The predicted molar refractivity (Wildman–Crippen MR) is 84.8 cm³/mol. The fourth-order valence-corrected chi connectivity index (χ4v) is 2.89. The van der Waals surface area contributed by atoms with Crippen LogP contribution in [0.3, 0.4) is 0 Å². The highest BCUT2D eigenvalue weighted by Crippen LogP contribution is 2.22. The Labute approximate surface area is 131 Å². The fourth-order valence-electron chi connectivity index (χ4n) is 2.89. The Kier molecular flexibility index (Phi) is 5.14. The topological polar surface area (TPSA) is 34.8 Å². The molecule has 22 heavy (non-hydrogen) atoms. The number of likely N-dealkylation sites (tertiary alicyclic amines) is 1. The van der Waals surface area contributed by atoms with Gasteiger partial charge in [0.1, 0.15) is 11.5 Å². The maximum absolute atomic E-state index is 6.06. The average Bonchev–Trinajstić information content (AvgIpc) is 3.07. The van der Waals surface area contributed by atoms with Crippen LogP contribution in [0.25, 0.3) is 0 Å². The van der Waals surface area contributed by atoms with Crippen molar-refractivity contribution in [2.75, 3.05) is 20.2 Å². The summed E-state index contributed by atoms with van der Waals surface area (Å²) >= 11 is 0. The third kappa shape index (κ3) is 3.90. The minimum atomic E-state index is 0.331. The molecule has 0 aliphatic carbocycles. The maximum atomic E-state index is 6.06. The van der Waals surface area contributed by atoms with Gasteiger partial charge in [0.05, 0.1) is 32.6 Å². The van der Waals surface area contributed by atoms with E-state index in [9.17, 15) is 0 Å². The minimum absolute atomic E-state index is 0.331. The van der Waals surface area contributed by atoms with E-state index < -0.39 is 0 Å². The highest BCUT2D eigenvalue weighted by atomic mass is 16.5. The molecular weight excluding hydrogens is 278 g/mol. The Morgan fingerprint density at radius 2 is 1.95 bits per heavy atom. The van der Waals surface area contributed by atoms with Crippen molar-refractivity contribution in [1.29, 1.82) is 0 Å². The summed E-state index contributed by atoms with van der Waals surface area (Å²) in [5.41, 5.74) is 1.11. The normalized spacial score (nSPS) is 16.8. The number of benzene rings is 1. The van der Waals surface area contributed by atoms with Crippen molar-refractivity contribution in [2.24, 2.45) is 0 Å². The monoisotopic (exact) mass is 301 g/mol. The number of furan rings is 1. The number of rotatable bonds is 6. The summed E-state index contributed by atoms with van der Waals surface area (Å²) in [5.74, 6) is 1.94. The molecule has 0 amide bonds. The van der Waals surface area contributed by atoms with Gasteiger partial charge in [-0.25, -0.2) is 0 Å². The number of hydrogen-bond acceptors (Lipinski definition) is 4. The summed E-state index contributed by atoms with van der Waals surface area (Å²) in [6.45, 7) is 3.62. The number of hydrogen-bond donors (Lipinski definition) is 0. The van der Waals surface area contributed by atoms with Gasteiger partial charge in [0.2, 0.25) is 0 Å². The van der Waals surface area contributed by atoms with Gasteiger partial charge in [-0.05, 0) is 31.0 Å². The average molecular weight is 301 g/mol. The Morgan fingerprint density at radius 3 is 2.68 bits per heavy atom. The highest BCUT2D eigenvalue weighted by Gasteiger charge is 2.20. The molecule has 0 saturated carbocycles. The standard InChI is InChI=1S/C18H23NO3/c1-20-18-7-3-2-5-15(18)14-22-16-8-10-19(11-9-16)13-17-6-4-12-21-17/h2-7,12,16H,8-11,13-14H2,1H3. The number of piperidine rings is 1. The van der Waals surface area contributed by atoms with E-state index in [1.54, 1.807) is 13.4 Å². The molecule has 3 rings (SSSR count). The number of ether oxygens (including phenoxy) is 2. The first-order valence-corrected chi connectivity index (χ1v) is 7.83. The van der Waals surface area contributed by atoms with Crippen molar-refractivity contribution < 1.29 is 13.9 Å². The summed E-state index contributed by atoms with van der Waals surface area (Å²) in [6, 6.07) is 12.0. The first-order valence-electron chi connectivity index (χ1n) is 7.83. The first-order chi connectivity index (χ1) is 10.8. The van der Waals surface area contributed by atoms with Crippen LogP contribution in [0.1, 0.15) is 24.2 Å². The molecule has 1 aliphatic rings. The SMILES string of the molecule is COc1ccccc1COC1CCN(Cc2ccco2)CC1. The largest absolute Gasteiger partial charge is 0.496 e. The Balaban J connectivity index is 1.44. The molecule has 1 saturated heterocycles. The molecule has 1 aliphatic heterocycles. The zero-order valence-electron chi connectivity index (χ0n) is 13.0. The van der Waals surface area contributed by atoms with Crippen LogP contribution < -0.4 is 4.74 Å². The second kappa shape index (κ2) is 7.47. The number of nitrogens with zero attached hydrogens (tertiary/aromatic N) is 1. The van der Waals surface area contributed by atoms with Gasteiger partial charge in [-0.2, -0.15) is 0 Å². The first kappa shape index (κ1) is 15.1. The van der Waals surface area contributed by atoms with Crippen molar-refractivity contribution in [3.63, 3.8) is 0 Å².